The molecule has 1 aromatic rings. The van der Waals surface area contributed by atoms with Crippen LogP contribution in [0, 0.1) is 5.82 Å². The van der Waals surface area contributed by atoms with E-state index in [1.807, 2.05) is 12.1 Å². The highest BCUT2D eigenvalue weighted by molar-refractivity contribution is 5.22. The Balaban J connectivity index is 1.98. The smallest absolute Gasteiger partial charge is 0.126 e. The minimum atomic E-state index is -0.123. The lowest BCUT2D eigenvalue weighted by molar-refractivity contribution is 0.0463. The van der Waals surface area contributed by atoms with Gasteiger partial charge >= 0.3 is 0 Å². The monoisotopic (exact) mass is 295 g/mol. The van der Waals surface area contributed by atoms with Gasteiger partial charge in [-0.1, -0.05) is 18.2 Å². The molecule has 1 aliphatic rings. The van der Waals surface area contributed by atoms with E-state index in [1.165, 1.54) is 6.07 Å². The molecular formula is C17H26FNO2. The van der Waals surface area contributed by atoms with Crippen LogP contribution in [0.25, 0.3) is 0 Å². The highest BCUT2D eigenvalue weighted by Gasteiger charge is 2.26. The zero-order chi connectivity index (χ0) is 15.1. The summed E-state index contributed by atoms with van der Waals surface area (Å²) >= 11 is 0. The molecule has 3 atom stereocenters. The molecule has 0 bridgehead atoms. The maximum Gasteiger partial charge on any atom is 0.126 e. The fourth-order valence-corrected chi connectivity index (χ4v) is 2.95. The highest BCUT2D eigenvalue weighted by atomic mass is 19.1. The third kappa shape index (κ3) is 5.06. The molecule has 3 unspecified atom stereocenters. The topological polar surface area (TPSA) is 30.5 Å². The predicted molar refractivity (Wildman–Crippen MR) is 82.1 cm³/mol. The molecule has 1 saturated heterocycles. The molecule has 1 aromatic carbocycles. The normalized spacial score (nSPS) is 23.4. The second kappa shape index (κ2) is 8.47. The van der Waals surface area contributed by atoms with Crippen molar-refractivity contribution in [2.24, 2.45) is 0 Å². The van der Waals surface area contributed by atoms with Crippen molar-refractivity contribution < 1.29 is 13.9 Å². The van der Waals surface area contributed by atoms with Crippen LogP contribution in [-0.4, -0.2) is 39.0 Å². The Morgan fingerprint density at radius 1 is 1.38 bits per heavy atom. The quantitative estimate of drug-likeness (QED) is 0.748. The van der Waals surface area contributed by atoms with Gasteiger partial charge in [0.2, 0.25) is 0 Å². The van der Waals surface area contributed by atoms with E-state index in [4.69, 9.17) is 9.47 Å². The van der Waals surface area contributed by atoms with Crippen molar-refractivity contribution in [3.05, 3.63) is 35.6 Å². The first-order valence-electron chi connectivity index (χ1n) is 7.80. The van der Waals surface area contributed by atoms with Crippen molar-refractivity contribution in [2.45, 2.75) is 44.3 Å². The van der Waals surface area contributed by atoms with Crippen molar-refractivity contribution in [3.63, 3.8) is 0 Å². The fourth-order valence-electron chi connectivity index (χ4n) is 2.95. The van der Waals surface area contributed by atoms with E-state index in [2.05, 4.69) is 12.2 Å². The molecule has 0 saturated carbocycles. The molecule has 118 valence electrons. The number of methoxy groups -OCH3 is 1. The molecule has 1 heterocycles. The zero-order valence-corrected chi connectivity index (χ0v) is 13.0. The van der Waals surface area contributed by atoms with E-state index < -0.39 is 0 Å². The Bertz CT molecular complexity index is 427. The van der Waals surface area contributed by atoms with E-state index in [0.29, 0.717) is 12.7 Å². The molecule has 0 aliphatic carbocycles. The third-order valence-electron chi connectivity index (χ3n) is 4.09. The van der Waals surface area contributed by atoms with Gasteiger partial charge in [0.05, 0.1) is 18.8 Å². The van der Waals surface area contributed by atoms with Gasteiger partial charge in [-0.3, -0.25) is 0 Å². The van der Waals surface area contributed by atoms with Crippen LogP contribution in [0.4, 0.5) is 4.39 Å². The lowest BCUT2D eigenvalue weighted by Crippen LogP contribution is -2.28. The highest BCUT2D eigenvalue weighted by Crippen LogP contribution is 2.30. The van der Waals surface area contributed by atoms with Crippen LogP contribution >= 0.6 is 0 Å². The number of hydrogen-bond acceptors (Lipinski definition) is 3. The molecule has 0 amide bonds. The molecule has 21 heavy (non-hydrogen) atoms. The standard InChI is InChI=1S/C17H26FNO2/c1-13-7-8-15(21-13)11-14(12-19-9-10-20-2)16-5-3-4-6-17(16)18/h3-6,13-15,19H,7-12H2,1-2H3. The summed E-state index contributed by atoms with van der Waals surface area (Å²) in [6.07, 6.45) is 3.62. The lowest BCUT2D eigenvalue weighted by Gasteiger charge is -2.22. The maximum atomic E-state index is 14.1. The number of nitrogens with one attached hydrogen (secondary N) is 1. The maximum absolute atomic E-state index is 14.1. The summed E-state index contributed by atoms with van der Waals surface area (Å²) in [5, 5.41) is 3.35. The zero-order valence-electron chi connectivity index (χ0n) is 13.0. The average molecular weight is 295 g/mol. The van der Waals surface area contributed by atoms with Gasteiger partial charge in [-0.15, -0.1) is 0 Å². The number of ether oxygens (including phenoxy) is 2. The average Bonchev–Trinajstić information content (AvgIpc) is 2.88. The van der Waals surface area contributed by atoms with Crippen LogP contribution in [0.2, 0.25) is 0 Å². The Hall–Kier alpha value is -0.970. The molecule has 0 spiro atoms. The van der Waals surface area contributed by atoms with Crippen LogP contribution in [0.15, 0.2) is 24.3 Å². The second-order valence-corrected chi connectivity index (χ2v) is 5.80. The van der Waals surface area contributed by atoms with Gasteiger partial charge in [-0.05, 0) is 37.8 Å². The van der Waals surface area contributed by atoms with Crippen LogP contribution in [0.1, 0.15) is 37.7 Å². The van der Waals surface area contributed by atoms with Gasteiger partial charge in [0.15, 0.2) is 0 Å². The van der Waals surface area contributed by atoms with Crippen LogP contribution in [-0.2, 0) is 9.47 Å². The van der Waals surface area contributed by atoms with Crippen molar-refractivity contribution in [1.82, 2.24) is 5.32 Å². The summed E-state index contributed by atoms with van der Waals surface area (Å²) < 4.78 is 25.0. The minimum Gasteiger partial charge on any atom is -0.383 e. The van der Waals surface area contributed by atoms with Crippen LogP contribution in [0.3, 0.4) is 0 Å². The predicted octanol–water partition coefficient (Wildman–Crippen LogP) is 3.10. The number of halogens is 1. The van der Waals surface area contributed by atoms with Crippen LogP contribution in [0.5, 0.6) is 0 Å². The Kier molecular flexibility index (Phi) is 6.61. The van der Waals surface area contributed by atoms with Gasteiger partial charge in [0, 0.05) is 26.1 Å². The summed E-state index contributed by atoms with van der Waals surface area (Å²) in [5.74, 6) is 0.0143. The molecule has 2 rings (SSSR count). The fraction of sp³-hybridized carbons (Fsp3) is 0.647. The van der Waals surface area contributed by atoms with Crippen molar-refractivity contribution in [3.8, 4) is 0 Å². The Morgan fingerprint density at radius 3 is 2.86 bits per heavy atom. The third-order valence-corrected chi connectivity index (χ3v) is 4.09. The molecule has 3 nitrogen and oxygen atoms in total. The van der Waals surface area contributed by atoms with Gasteiger partial charge in [-0.2, -0.15) is 0 Å². The number of benzene rings is 1. The summed E-state index contributed by atoms with van der Waals surface area (Å²) in [7, 11) is 1.68. The molecule has 1 aliphatic heterocycles. The van der Waals surface area contributed by atoms with E-state index in [-0.39, 0.29) is 17.8 Å². The van der Waals surface area contributed by atoms with E-state index in [0.717, 1.165) is 37.9 Å². The summed E-state index contributed by atoms with van der Waals surface area (Å²) in [6, 6.07) is 7.06. The first kappa shape index (κ1) is 16.4. The van der Waals surface area contributed by atoms with Gasteiger partial charge in [0.1, 0.15) is 5.82 Å². The lowest BCUT2D eigenvalue weighted by atomic mass is 9.91. The molecular weight excluding hydrogens is 269 g/mol. The van der Waals surface area contributed by atoms with Gasteiger partial charge in [0.25, 0.3) is 0 Å². The molecule has 0 aromatic heterocycles. The summed E-state index contributed by atoms with van der Waals surface area (Å²) in [4.78, 5) is 0. The second-order valence-electron chi connectivity index (χ2n) is 5.80. The molecule has 1 N–H and O–H groups in total. The van der Waals surface area contributed by atoms with E-state index in [9.17, 15) is 4.39 Å². The largest absolute Gasteiger partial charge is 0.383 e. The Morgan fingerprint density at radius 2 is 2.19 bits per heavy atom. The van der Waals surface area contributed by atoms with Crippen molar-refractivity contribution in [1.29, 1.82) is 0 Å². The molecule has 4 heteroatoms. The van der Waals surface area contributed by atoms with E-state index in [1.54, 1.807) is 13.2 Å². The van der Waals surface area contributed by atoms with E-state index >= 15 is 0 Å². The SMILES string of the molecule is COCCNCC(CC1CCC(C)O1)c1ccccc1F. The first-order valence-corrected chi connectivity index (χ1v) is 7.80. The number of rotatable bonds is 8. The summed E-state index contributed by atoms with van der Waals surface area (Å²) in [5.41, 5.74) is 0.783. The van der Waals surface area contributed by atoms with Crippen molar-refractivity contribution in [2.75, 3.05) is 26.8 Å². The van der Waals surface area contributed by atoms with Crippen LogP contribution < -0.4 is 5.32 Å². The van der Waals surface area contributed by atoms with Crippen molar-refractivity contribution >= 4 is 0 Å². The van der Waals surface area contributed by atoms with Gasteiger partial charge in [-0.25, -0.2) is 4.39 Å². The molecule has 1 fully saturated rings. The number of hydrogen-bond donors (Lipinski definition) is 1. The Labute approximate surface area is 126 Å². The molecule has 0 radical (unpaired) electrons. The summed E-state index contributed by atoms with van der Waals surface area (Å²) in [6.45, 7) is 4.30. The first-order chi connectivity index (χ1) is 10.2. The minimum absolute atomic E-state index is 0.123. The van der Waals surface area contributed by atoms with Gasteiger partial charge < -0.3 is 14.8 Å².